The van der Waals surface area contributed by atoms with E-state index >= 15 is 0 Å². The SMILES string of the molecule is CCOC(=O)c1ccc2c(cnn2CCNC2=CC=CCN2O)c1. The fourth-order valence-electron chi connectivity index (χ4n) is 2.55. The van der Waals surface area contributed by atoms with Crippen molar-refractivity contribution in [2.45, 2.75) is 13.5 Å². The lowest BCUT2D eigenvalue weighted by atomic mass is 10.1. The highest BCUT2D eigenvalue weighted by molar-refractivity contribution is 5.94. The lowest BCUT2D eigenvalue weighted by Crippen LogP contribution is -2.32. The van der Waals surface area contributed by atoms with E-state index in [1.54, 1.807) is 25.3 Å². The van der Waals surface area contributed by atoms with E-state index in [-0.39, 0.29) is 5.97 Å². The Hall–Kier alpha value is -2.80. The summed E-state index contributed by atoms with van der Waals surface area (Å²) in [6.07, 6.45) is 7.32. The Morgan fingerprint density at radius 3 is 3.12 bits per heavy atom. The van der Waals surface area contributed by atoms with Crippen molar-refractivity contribution in [3.63, 3.8) is 0 Å². The summed E-state index contributed by atoms with van der Waals surface area (Å²) in [7, 11) is 0. The van der Waals surface area contributed by atoms with Crippen molar-refractivity contribution in [3.05, 3.63) is 54.0 Å². The largest absolute Gasteiger partial charge is 0.462 e. The van der Waals surface area contributed by atoms with Crippen LogP contribution in [0.3, 0.4) is 0 Å². The highest BCUT2D eigenvalue weighted by Crippen LogP contribution is 2.16. The standard InChI is InChI=1S/C17H20N4O3/c1-2-24-17(22)13-6-7-15-14(11-13)12-19-20(15)10-8-18-16-5-3-4-9-21(16)23/h3-7,11-12,18,23H,2,8-10H2,1H3. The van der Waals surface area contributed by atoms with E-state index in [2.05, 4.69) is 10.4 Å². The summed E-state index contributed by atoms with van der Waals surface area (Å²) in [5, 5.41) is 19.3. The molecule has 3 rings (SSSR count). The maximum absolute atomic E-state index is 11.8. The van der Waals surface area contributed by atoms with Crippen molar-refractivity contribution in [1.29, 1.82) is 0 Å². The number of benzene rings is 1. The van der Waals surface area contributed by atoms with Gasteiger partial charge in [-0.1, -0.05) is 12.2 Å². The Labute approximate surface area is 139 Å². The number of rotatable bonds is 6. The first-order chi connectivity index (χ1) is 11.7. The van der Waals surface area contributed by atoms with Gasteiger partial charge in [-0.2, -0.15) is 5.10 Å². The number of ether oxygens (including phenoxy) is 1. The second-order valence-corrected chi connectivity index (χ2v) is 5.35. The minimum Gasteiger partial charge on any atom is -0.462 e. The van der Waals surface area contributed by atoms with Gasteiger partial charge in [-0.25, -0.2) is 9.86 Å². The second kappa shape index (κ2) is 7.18. The van der Waals surface area contributed by atoms with Gasteiger partial charge in [-0.05, 0) is 31.2 Å². The molecule has 7 heteroatoms. The number of esters is 1. The van der Waals surface area contributed by atoms with Gasteiger partial charge >= 0.3 is 5.97 Å². The number of fused-ring (bicyclic) bond motifs is 1. The van der Waals surface area contributed by atoms with E-state index in [0.29, 0.717) is 37.6 Å². The van der Waals surface area contributed by atoms with Crippen LogP contribution in [0.4, 0.5) is 0 Å². The van der Waals surface area contributed by atoms with Crippen LogP contribution in [-0.4, -0.2) is 45.7 Å². The molecule has 1 aromatic carbocycles. The molecule has 0 unspecified atom stereocenters. The van der Waals surface area contributed by atoms with Crippen LogP contribution in [0.2, 0.25) is 0 Å². The van der Waals surface area contributed by atoms with Crippen molar-refractivity contribution in [2.24, 2.45) is 0 Å². The molecule has 2 aromatic rings. The fraction of sp³-hybridized carbons (Fsp3) is 0.294. The van der Waals surface area contributed by atoms with E-state index in [1.165, 1.54) is 0 Å². The van der Waals surface area contributed by atoms with Gasteiger partial charge < -0.3 is 10.1 Å². The van der Waals surface area contributed by atoms with Crippen molar-refractivity contribution >= 4 is 16.9 Å². The molecule has 24 heavy (non-hydrogen) atoms. The average Bonchev–Trinajstić information content (AvgIpc) is 2.99. The topological polar surface area (TPSA) is 79.6 Å². The normalized spacial score (nSPS) is 13.9. The number of hydroxylamine groups is 2. The van der Waals surface area contributed by atoms with Crippen LogP contribution < -0.4 is 5.32 Å². The number of nitrogens with one attached hydrogen (secondary N) is 1. The van der Waals surface area contributed by atoms with Crippen molar-refractivity contribution in [1.82, 2.24) is 20.2 Å². The molecule has 0 radical (unpaired) electrons. The highest BCUT2D eigenvalue weighted by Gasteiger charge is 2.10. The Kier molecular flexibility index (Phi) is 4.81. The average molecular weight is 328 g/mol. The number of hydrogen-bond acceptors (Lipinski definition) is 6. The summed E-state index contributed by atoms with van der Waals surface area (Å²) >= 11 is 0. The third-order valence-corrected chi connectivity index (χ3v) is 3.73. The lowest BCUT2D eigenvalue weighted by molar-refractivity contribution is -0.0524. The maximum Gasteiger partial charge on any atom is 0.338 e. The van der Waals surface area contributed by atoms with Crippen LogP contribution in [0.5, 0.6) is 0 Å². The van der Waals surface area contributed by atoms with Gasteiger partial charge in [0.15, 0.2) is 0 Å². The van der Waals surface area contributed by atoms with Crippen LogP contribution in [0.15, 0.2) is 48.4 Å². The zero-order chi connectivity index (χ0) is 16.9. The Morgan fingerprint density at radius 2 is 2.33 bits per heavy atom. The fourth-order valence-corrected chi connectivity index (χ4v) is 2.55. The molecule has 0 bridgehead atoms. The number of allylic oxidation sites excluding steroid dienone is 2. The minimum atomic E-state index is -0.325. The molecule has 2 N–H and O–H groups in total. The minimum absolute atomic E-state index is 0.325. The van der Waals surface area contributed by atoms with Crippen LogP contribution >= 0.6 is 0 Å². The predicted octanol–water partition coefficient (Wildman–Crippen LogP) is 1.91. The molecular formula is C17H20N4O3. The Balaban J connectivity index is 1.66. The van der Waals surface area contributed by atoms with Crippen LogP contribution in [0, 0.1) is 0 Å². The molecule has 126 valence electrons. The van der Waals surface area contributed by atoms with Gasteiger partial charge in [0.2, 0.25) is 0 Å². The molecule has 1 aliphatic heterocycles. The van der Waals surface area contributed by atoms with Gasteiger partial charge in [-0.3, -0.25) is 9.89 Å². The summed E-state index contributed by atoms with van der Waals surface area (Å²) in [6, 6.07) is 5.40. The van der Waals surface area contributed by atoms with Gasteiger partial charge in [0.05, 0.1) is 37.0 Å². The molecule has 1 aromatic heterocycles. The van der Waals surface area contributed by atoms with E-state index in [4.69, 9.17) is 4.74 Å². The summed E-state index contributed by atoms with van der Waals surface area (Å²) in [6.45, 7) is 3.87. The molecule has 0 aliphatic carbocycles. The first kappa shape index (κ1) is 16.1. The van der Waals surface area contributed by atoms with Gasteiger partial charge in [-0.15, -0.1) is 0 Å². The smallest absolute Gasteiger partial charge is 0.338 e. The first-order valence-corrected chi connectivity index (χ1v) is 7.89. The van der Waals surface area contributed by atoms with Crippen molar-refractivity contribution in [3.8, 4) is 0 Å². The van der Waals surface area contributed by atoms with Gasteiger partial charge in [0.1, 0.15) is 5.82 Å². The molecule has 0 atom stereocenters. The lowest BCUT2D eigenvalue weighted by Gasteiger charge is -2.22. The third kappa shape index (κ3) is 3.41. The molecule has 0 fully saturated rings. The monoisotopic (exact) mass is 328 g/mol. The molecule has 0 saturated heterocycles. The summed E-state index contributed by atoms with van der Waals surface area (Å²) in [4.78, 5) is 11.8. The zero-order valence-electron chi connectivity index (χ0n) is 13.5. The van der Waals surface area contributed by atoms with Gasteiger partial charge in [0, 0.05) is 11.9 Å². The van der Waals surface area contributed by atoms with Crippen molar-refractivity contribution < 1.29 is 14.7 Å². The second-order valence-electron chi connectivity index (χ2n) is 5.35. The molecular weight excluding hydrogens is 308 g/mol. The highest BCUT2D eigenvalue weighted by atomic mass is 16.5. The van der Waals surface area contributed by atoms with E-state index in [0.717, 1.165) is 16.0 Å². The number of nitrogens with zero attached hydrogens (tertiary/aromatic N) is 3. The zero-order valence-corrected chi connectivity index (χ0v) is 13.5. The summed E-state index contributed by atoms with van der Waals surface area (Å²) in [5.74, 6) is 0.340. The number of carbonyl (C=O) groups is 1. The van der Waals surface area contributed by atoms with E-state index in [1.807, 2.05) is 29.0 Å². The van der Waals surface area contributed by atoms with E-state index in [9.17, 15) is 10.0 Å². The third-order valence-electron chi connectivity index (χ3n) is 3.73. The van der Waals surface area contributed by atoms with Crippen molar-refractivity contribution in [2.75, 3.05) is 19.7 Å². The first-order valence-electron chi connectivity index (χ1n) is 7.89. The molecule has 0 spiro atoms. The molecule has 1 aliphatic rings. The van der Waals surface area contributed by atoms with Crippen LogP contribution in [0.25, 0.3) is 10.9 Å². The summed E-state index contributed by atoms with van der Waals surface area (Å²) in [5.41, 5.74) is 1.47. The number of hydrogen-bond donors (Lipinski definition) is 2. The molecule has 2 heterocycles. The summed E-state index contributed by atoms with van der Waals surface area (Å²) < 4.78 is 6.87. The number of aromatic nitrogens is 2. The maximum atomic E-state index is 11.8. The molecule has 0 saturated carbocycles. The Bertz CT molecular complexity index is 794. The number of carbonyl (C=O) groups excluding carboxylic acids is 1. The quantitative estimate of drug-likeness (QED) is 0.789. The molecule has 7 nitrogen and oxygen atoms in total. The van der Waals surface area contributed by atoms with Gasteiger partial charge in [0.25, 0.3) is 0 Å². The van der Waals surface area contributed by atoms with E-state index < -0.39 is 0 Å². The predicted molar refractivity (Wildman–Crippen MR) is 89.4 cm³/mol. The molecule has 0 amide bonds. The van der Waals surface area contributed by atoms with Crippen LogP contribution in [-0.2, 0) is 11.3 Å². The Morgan fingerprint density at radius 1 is 1.46 bits per heavy atom. The van der Waals surface area contributed by atoms with Crippen LogP contribution in [0.1, 0.15) is 17.3 Å².